The van der Waals surface area contributed by atoms with Gasteiger partial charge in [0.15, 0.2) is 0 Å². The molecule has 0 aromatic carbocycles. The Balaban J connectivity index is 3.71. The lowest BCUT2D eigenvalue weighted by Gasteiger charge is -2.24. The Morgan fingerprint density at radius 2 is 2.12 bits per heavy atom. The second-order valence-electron chi connectivity index (χ2n) is 2.34. The molecule has 1 unspecified atom stereocenters. The second kappa shape index (κ2) is 2.44. The van der Waals surface area contributed by atoms with Crippen molar-refractivity contribution >= 4 is 0 Å². The van der Waals surface area contributed by atoms with Crippen molar-refractivity contribution in [2.75, 3.05) is 6.61 Å². The van der Waals surface area contributed by atoms with Gasteiger partial charge < -0.3 is 15.9 Å². The van der Waals surface area contributed by atoms with Crippen LogP contribution in [-0.4, -0.2) is 28.5 Å². The van der Waals surface area contributed by atoms with E-state index in [0.717, 1.165) is 0 Å². The fourth-order valence-electron chi connectivity index (χ4n) is 0.132. The smallest absolute Gasteiger partial charge is 0.0711 e. The highest BCUT2D eigenvalue weighted by Crippen LogP contribution is 2.02. The zero-order valence-corrected chi connectivity index (χ0v) is 5.26. The average Bonchev–Trinajstić information content (AvgIpc) is 1.67. The third-order valence-corrected chi connectivity index (χ3v) is 1.30. The number of hydrogen-bond acceptors (Lipinski definition) is 3. The Hall–Kier alpha value is -0.120. The molecule has 0 rings (SSSR count). The maximum atomic E-state index is 8.80. The van der Waals surface area contributed by atoms with Gasteiger partial charge in [0.25, 0.3) is 0 Å². The van der Waals surface area contributed by atoms with Gasteiger partial charge in [-0.15, -0.1) is 0 Å². The SMILES string of the molecule is C[C@H](O)C(C)(N)CO. The van der Waals surface area contributed by atoms with Crippen LogP contribution in [0, 0.1) is 0 Å². The second-order valence-corrected chi connectivity index (χ2v) is 2.34. The molecule has 3 nitrogen and oxygen atoms in total. The highest BCUT2D eigenvalue weighted by Gasteiger charge is 2.22. The summed E-state index contributed by atoms with van der Waals surface area (Å²) in [5.74, 6) is 0. The van der Waals surface area contributed by atoms with Gasteiger partial charge in [-0.25, -0.2) is 0 Å². The molecule has 0 fully saturated rings. The van der Waals surface area contributed by atoms with Gasteiger partial charge in [0.05, 0.1) is 18.2 Å². The molecular weight excluding hydrogens is 106 g/mol. The van der Waals surface area contributed by atoms with E-state index in [-0.39, 0.29) is 6.61 Å². The van der Waals surface area contributed by atoms with Crippen LogP contribution in [0.15, 0.2) is 0 Å². The number of aliphatic hydroxyl groups excluding tert-OH is 2. The Labute approximate surface area is 49.1 Å². The summed E-state index contributed by atoms with van der Waals surface area (Å²) in [7, 11) is 0. The zero-order chi connectivity index (χ0) is 6.78. The summed E-state index contributed by atoms with van der Waals surface area (Å²) >= 11 is 0. The minimum atomic E-state index is -0.847. The first-order valence-corrected chi connectivity index (χ1v) is 2.58. The predicted octanol–water partition coefficient (Wildman–Crippen LogP) is -0.923. The first-order chi connectivity index (χ1) is 3.50. The van der Waals surface area contributed by atoms with Crippen LogP contribution in [0.3, 0.4) is 0 Å². The van der Waals surface area contributed by atoms with Gasteiger partial charge in [0.1, 0.15) is 0 Å². The van der Waals surface area contributed by atoms with Crippen LogP contribution in [-0.2, 0) is 0 Å². The molecule has 0 aliphatic carbocycles. The molecule has 0 aromatic heterocycles. The number of nitrogens with two attached hydrogens (primary N) is 1. The normalized spacial score (nSPS) is 22.1. The quantitative estimate of drug-likeness (QED) is 0.440. The van der Waals surface area contributed by atoms with Crippen LogP contribution in [0.25, 0.3) is 0 Å². The Morgan fingerprint density at radius 1 is 1.75 bits per heavy atom. The Morgan fingerprint density at radius 3 is 2.12 bits per heavy atom. The van der Waals surface area contributed by atoms with E-state index < -0.39 is 11.6 Å². The molecule has 4 N–H and O–H groups in total. The zero-order valence-electron chi connectivity index (χ0n) is 5.26. The molecule has 0 aromatic rings. The van der Waals surface area contributed by atoms with Crippen LogP contribution >= 0.6 is 0 Å². The minimum absolute atomic E-state index is 0.190. The fourth-order valence-corrected chi connectivity index (χ4v) is 0.132. The molecule has 0 saturated heterocycles. The molecule has 0 bridgehead atoms. The van der Waals surface area contributed by atoms with E-state index in [1.165, 1.54) is 0 Å². The van der Waals surface area contributed by atoms with E-state index in [9.17, 15) is 0 Å². The number of rotatable bonds is 2. The van der Waals surface area contributed by atoms with Gasteiger partial charge >= 0.3 is 0 Å². The summed E-state index contributed by atoms with van der Waals surface area (Å²) in [4.78, 5) is 0. The molecule has 0 aliphatic rings. The van der Waals surface area contributed by atoms with E-state index in [0.29, 0.717) is 0 Å². The molecule has 0 amide bonds. The van der Waals surface area contributed by atoms with Crippen molar-refractivity contribution in [3.8, 4) is 0 Å². The van der Waals surface area contributed by atoms with Crippen LogP contribution in [0.1, 0.15) is 13.8 Å². The summed E-state index contributed by atoms with van der Waals surface area (Å²) < 4.78 is 0. The molecule has 0 aliphatic heterocycles. The summed E-state index contributed by atoms with van der Waals surface area (Å²) in [5.41, 5.74) is 4.51. The van der Waals surface area contributed by atoms with Gasteiger partial charge in [0.2, 0.25) is 0 Å². The van der Waals surface area contributed by atoms with Gasteiger partial charge in [-0.2, -0.15) is 0 Å². The number of aliphatic hydroxyl groups is 2. The molecule has 0 saturated carbocycles. The van der Waals surface area contributed by atoms with E-state index in [1.54, 1.807) is 13.8 Å². The molecular formula is C5H13NO2. The molecule has 3 heteroatoms. The maximum Gasteiger partial charge on any atom is 0.0711 e. The van der Waals surface area contributed by atoms with Crippen molar-refractivity contribution in [1.29, 1.82) is 0 Å². The van der Waals surface area contributed by atoms with Gasteiger partial charge in [0, 0.05) is 0 Å². The highest BCUT2D eigenvalue weighted by molar-refractivity contribution is 4.82. The third kappa shape index (κ3) is 1.78. The largest absolute Gasteiger partial charge is 0.394 e. The van der Waals surface area contributed by atoms with E-state index in [2.05, 4.69) is 0 Å². The van der Waals surface area contributed by atoms with Crippen molar-refractivity contribution < 1.29 is 10.2 Å². The molecule has 50 valence electrons. The van der Waals surface area contributed by atoms with Crippen molar-refractivity contribution in [2.45, 2.75) is 25.5 Å². The Kier molecular flexibility index (Phi) is 2.40. The van der Waals surface area contributed by atoms with Gasteiger partial charge in [-0.05, 0) is 13.8 Å². The van der Waals surface area contributed by atoms with Crippen molar-refractivity contribution in [3.05, 3.63) is 0 Å². The molecule has 0 radical (unpaired) electrons. The summed E-state index contributed by atoms with van der Waals surface area (Å²) in [6.07, 6.45) is -0.660. The number of hydrogen-bond donors (Lipinski definition) is 3. The summed E-state index contributed by atoms with van der Waals surface area (Å²) in [5, 5.41) is 17.3. The van der Waals surface area contributed by atoms with E-state index in [4.69, 9.17) is 15.9 Å². The predicted molar refractivity (Wildman–Crippen MR) is 31.4 cm³/mol. The molecule has 8 heavy (non-hydrogen) atoms. The van der Waals surface area contributed by atoms with E-state index >= 15 is 0 Å². The van der Waals surface area contributed by atoms with Crippen LogP contribution in [0.2, 0.25) is 0 Å². The lowest BCUT2D eigenvalue weighted by molar-refractivity contribution is 0.0667. The van der Waals surface area contributed by atoms with Crippen molar-refractivity contribution in [2.24, 2.45) is 5.73 Å². The van der Waals surface area contributed by atoms with E-state index in [1.807, 2.05) is 0 Å². The summed E-state index contributed by atoms with van der Waals surface area (Å²) in [6, 6.07) is 0. The average molecular weight is 119 g/mol. The summed E-state index contributed by atoms with van der Waals surface area (Å²) in [6.45, 7) is 2.96. The molecule has 0 spiro atoms. The van der Waals surface area contributed by atoms with Gasteiger partial charge in [-0.1, -0.05) is 0 Å². The maximum absolute atomic E-state index is 8.80. The van der Waals surface area contributed by atoms with Crippen molar-refractivity contribution in [3.63, 3.8) is 0 Å². The van der Waals surface area contributed by atoms with Crippen LogP contribution in [0.5, 0.6) is 0 Å². The highest BCUT2D eigenvalue weighted by atomic mass is 16.3. The first-order valence-electron chi connectivity index (χ1n) is 2.58. The topological polar surface area (TPSA) is 66.5 Å². The van der Waals surface area contributed by atoms with Crippen molar-refractivity contribution in [1.82, 2.24) is 0 Å². The minimum Gasteiger partial charge on any atom is -0.394 e. The Bertz CT molecular complexity index is 70.8. The van der Waals surface area contributed by atoms with Crippen LogP contribution < -0.4 is 5.73 Å². The monoisotopic (exact) mass is 119 g/mol. The lowest BCUT2D eigenvalue weighted by atomic mass is 9.99. The van der Waals surface area contributed by atoms with Crippen LogP contribution in [0.4, 0.5) is 0 Å². The van der Waals surface area contributed by atoms with Gasteiger partial charge in [-0.3, -0.25) is 0 Å². The first kappa shape index (κ1) is 7.88. The fraction of sp³-hybridized carbons (Fsp3) is 1.00. The standard InChI is InChI=1S/C5H13NO2/c1-4(8)5(2,6)3-7/h4,7-8H,3,6H2,1-2H3/t4-,5?/m0/s1. The molecule has 2 atom stereocenters. The lowest BCUT2D eigenvalue weighted by Crippen LogP contribution is -2.49. The third-order valence-electron chi connectivity index (χ3n) is 1.30. The molecule has 0 heterocycles.